The lowest BCUT2D eigenvalue weighted by atomic mass is 10.1. The predicted octanol–water partition coefficient (Wildman–Crippen LogP) is 3.68. The molecule has 2 aromatic carbocycles. The monoisotopic (exact) mass is 415 g/mol. The average molecular weight is 416 g/mol. The van der Waals surface area contributed by atoms with Gasteiger partial charge in [0.1, 0.15) is 18.6 Å². The van der Waals surface area contributed by atoms with Crippen molar-refractivity contribution in [2.24, 2.45) is 0 Å². The highest BCUT2D eigenvalue weighted by Gasteiger charge is 2.38. The van der Waals surface area contributed by atoms with Gasteiger partial charge < -0.3 is 23.8 Å². The molecule has 1 amide bonds. The number of hydrogen-bond donors (Lipinski definition) is 0. The Bertz CT molecular complexity index is 903. The van der Waals surface area contributed by atoms with Crippen LogP contribution in [0.25, 0.3) is 0 Å². The fourth-order valence-corrected chi connectivity index (χ4v) is 4.96. The van der Waals surface area contributed by atoms with E-state index in [1.165, 1.54) is 0 Å². The SMILES string of the molecule is COc1ccc(CCN2C(=O)C(C)SC2c2ccc3c(c2)OCCO3)cc1OC. The van der Waals surface area contributed by atoms with E-state index in [1.54, 1.807) is 26.0 Å². The number of fused-ring (bicyclic) bond motifs is 1. The molecule has 0 N–H and O–H groups in total. The zero-order valence-corrected chi connectivity index (χ0v) is 17.7. The van der Waals surface area contributed by atoms with E-state index in [0.29, 0.717) is 31.3 Å². The molecule has 0 saturated carbocycles. The number of carbonyl (C=O) groups is 1. The van der Waals surface area contributed by atoms with E-state index < -0.39 is 0 Å². The second-order valence-corrected chi connectivity index (χ2v) is 8.43. The maximum atomic E-state index is 12.8. The van der Waals surface area contributed by atoms with Crippen molar-refractivity contribution in [2.75, 3.05) is 34.0 Å². The number of amides is 1. The Hall–Kier alpha value is -2.54. The topological polar surface area (TPSA) is 57.2 Å². The fourth-order valence-electron chi connectivity index (χ4n) is 3.66. The lowest BCUT2D eigenvalue weighted by molar-refractivity contribution is -0.129. The molecule has 154 valence electrons. The molecule has 2 aliphatic rings. The highest BCUT2D eigenvalue weighted by molar-refractivity contribution is 8.01. The number of ether oxygens (including phenoxy) is 4. The lowest BCUT2D eigenvalue weighted by Crippen LogP contribution is -2.32. The standard InChI is InChI=1S/C22H25NO5S/c1-14-21(24)23(9-8-15-4-6-17(25-2)19(12-15)26-3)22(29-14)16-5-7-18-20(13-16)28-11-10-27-18/h4-7,12-14,22H,8-11H2,1-3H3. The molecule has 2 aliphatic heterocycles. The van der Waals surface area contributed by atoms with Crippen LogP contribution >= 0.6 is 11.8 Å². The van der Waals surface area contributed by atoms with Gasteiger partial charge in [0.05, 0.1) is 19.5 Å². The number of methoxy groups -OCH3 is 2. The average Bonchev–Trinajstić information content (AvgIpc) is 3.05. The van der Waals surface area contributed by atoms with Crippen LogP contribution in [-0.2, 0) is 11.2 Å². The molecule has 1 saturated heterocycles. The molecule has 0 radical (unpaired) electrons. The Morgan fingerprint density at radius 3 is 2.55 bits per heavy atom. The molecule has 29 heavy (non-hydrogen) atoms. The maximum Gasteiger partial charge on any atom is 0.236 e. The number of nitrogens with zero attached hydrogens (tertiary/aromatic N) is 1. The van der Waals surface area contributed by atoms with Gasteiger partial charge in [-0.1, -0.05) is 12.1 Å². The summed E-state index contributed by atoms with van der Waals surface area (Å²) in [4.78, 5) is 14.8. The third-order valence-corrected chi connectivity index (χ3v) is 6.58. The van der Waals surface area contributed by atoms with Crippen LogP contribution in [-0.4, -0.2) is 50.0 Å². The van der Waals surface area contributed by atoms with Crippen LogP contribution in [0.4, 0.5) is 0 Å². The molecule has 2 heterocycles. The van der Waals surface area contributed by atoms with E-state index in [0.717, 1.165) is 29.0 Å². The molecule has 0 aromatic heterocycles. The molecule has 4 rings (SSSR count). The molecular weight excluding hydrogens is 390 g/mol. The molecule has 7 heteroatoms. The molecule has 0 aliphatic carbocycles. The van der Waals surface area contributed by atoms with Gasteiger partial charge >= 0.3 is 0 Å². The van der Waals surface area contributed by atoms with Gasteiger partial charge in [0, 0.05) is 6.54 Å². The number of thioether (sulfide) groups is 1. The normalized spacial score (nSPS) is 20.7. The molecule has 2 aromatic rings. The Kier molecular flexibility index (Phi) is 5.76. The quantitative estimate of drug-likeness (QED) is 0.717. The van der Waals surface area contributed by atoms with Gasteiger partial charge in [-0.05, 0) is 48.7 Å². The van der Waals surface area contributed by atoms with Crippen molar-refractivity contribution in [2.45, 2.75) is 24.0 Å². The Morgan fingerprint density at radius 2 is 1.79 bits per heavy atom. The van der Waals surface area contributed by atoms with Gasteiger partial charge in [-0.15, -0.1) is 11.8 Å². The summed E-state index contributed by atoms with van der Waals surface area (Å²) >= 11 is 1.67. The van der Waals surface area contributed by atoms with Crippen molar-refractivity contribution in [3.05, 3.63) is 47.5 Å². The third kappa shape index (κ3) is 3.96. The number of benzene rings is 2. The molecule has 2 atom stereocenters. The zero-order chi connectivity index (χ0) is 20.4. The van der Waals surface area contributed by atoms with Gasteiger partial charge in [-0.25, -0.2) is 0 Å². The zero-order valence-electron chi connectivity index (χ0n) is 16.8. The predicted molar refractivity (Wildman–Crippen MR) is 112 cm³/mol. The van der Waals surface area contributed by atoms with E-state index in [2.05, 4.69) is 0 Å². The summed E-state index contributed by atoms with van der Waals surface area (Å²) in [6.07, 6.45) is 0.737. The minimum atomic E-state index is -0.0707. The number of carbonyl (C=O) groups excluding carboxylic acids is 1. The van der Waals surface area contributed by atoms with Gasteiger partial charge in [0.25, 0.3) is 0 Å². The number of hydrogen-bond acceptors (Lipinski definition) is 6. The molecule has 6 nitrogen and oxygen atoms in total. The summed E-state index contributed by atoms with van der Waals surface area (Å²) in [6.45, 7) is 3.71. The van der Waals surface area contributed by atoms with Crippen molar-refractivity contribution in [3.63, 3.8) is 0 Å². The van der Waals surface area contributed by atoms with E-state index in [4.69, 9.17) is 18.9 Å². The van der Waals surface area contributed by atoms with Crippen LogP contribution in [0.5, 0.6) is 23.0 Å². The first-order valence-corrected chi connectivity index (χ1v) is 10.6. The summed E-state index contributed by atoms with van der Waals surface area (Å²) in [5, 5.41) is -0.105. The van der Waals surface area contributed by atoms with Crippen molar-refractivity contribution < 1.29 is 23.7 Å². The largest absolute Gasteiger partial charge is 0.493 e. The molecule has 2 unspecified atom stereocenters. The Labute approximate surface area is 175 Å². The smallest absolute Gasteiger partial charge is 0.236 e. The van der Waals surface area contributed by atoms with Crippen molar-refractivity contribution in [1.82, 2.24) is 4.90 Å². The second-order valence-electron chi connectivity index (χ2n) is 7.00. The Morgan fingerprint density at radius 1 is 1.03 bits per heavy atom. The Balaban J connectivity index is 1.53. The van der Waals surface area contributed by atoms with Gasteiger partial charge in [-0.3, -0.25) is 4.79 Å². The van der Waals surface area contributed by atoms with Crippen LogP contribution in [0.2, 0.25) is 0 Å². The van der Waals surface area contributed by atoms with Gasteiger partial charge in [0.15, 0.2) is 23.0 Å². The van der Waals surface area contributed by atoms with E-state index in [1.807, 2.05) is 48.2 Å². The fraction of sp³-hybridized carbons (Fsp3) is 0.409. The molecular formula is C22H25NO5S. The summed E-state index contributed by atoms with van der Waals surface area (Å²) < 4.78 is 22.0. The first-order valence-electron chi connectivity index (χ1n) is 9.67. The van der Waals surface area contributed by atoms with Crippen LogP contribution < -0.4 is 18.9 Å². The van der Waals surface area contributed by atoms with E-state index in [-0.39, 0.29) is 16.5 Å². The molecule has 0 spiro atoms. The highest BCUT2D eigenvalue weighted by atomic mass is 32.2. The summed E-state index contributed by atoms with van der Waals surface area (Å²) in [7, 11) is 3.25. The van der Waals surface area contributed by atoms with Crippen molar-refractivity contribution in [3.8, 4) is 23.0 Å². The summed E-state index contributed by atoms with van der Waals surface area (Å²) in [5.74, 6) is 3.08. The van der Waals surface area contributed by atoms with E-state index >= 15 is 0 Å². The maximum absolute atomic E-state index is 12.8. The third-order valence-electron chi connectivity index (χ3n) is 5.19. The van der Waals surface area contributed by atoms with Crippen molar-refractivity contribution in [1.29, 1.82) is 0 Å². The second kappa shape index (κ2) is 8.45. The van der Waals surface area contributed by atoms with Crippen LogP contribution in [0, 0.1) is 0 Å². The number of rotatable bonds is 6. The van der Waals surface area contributed by atoms with Crippen LogP contribution in [0.15, 0.2) is 36.4 Å². The molecule has 1 fully saturated rings. The highest BCUT2D eigenvalue weighted by Crippen LogP contribution is 2.45. The first kappa shape index (κ1) is 19.8. The van der Waals surface area contributed by atoms with Gasteiger partial charge in [0.2, 0.25) is 5.91 Å². The summed E-state index contributed by atoms with van der Waals surface area (Å²) in [6, 6.07) is 11.8. The lowest BCUT2D eigenvalue weighted by Gasteiger charge is -2.26. The molecule has 0 bridgehead atoms. The van der Waals surface area contributed by atoms with Crippen molar-refractivity contribution >= 4 is 17.7 Å². The minimum absolute atomic E-state index is 0.0338. The van der Waals surface area contributed by atoms with Gasteiger partial charge in [-0.2, -0.15) is 0 Å². The van der Waals surface area contributed by atoms with Crippen LogP contribution in [0.3, 0.4) is 0 Å². The first-order chi connectivity index (χ1) is 14.1. The minimum Gasteiger partial charge on any atom is -0.493 e. The van der Waals surface area contributed by atoms with E-state index in [9.17, 15) is 4.79 Å². The summed E-state index contributed by atoms with van der Waals surface area (Å²) in [5.41, 5.74) is 2.16. The van der Waals surface area contributed by atoms with Crippen LogP contribution in [0.1, 0.15) is 23.4 Å².